The van der Waals surface area contributed by atoms with Crippen LogP contribution in [0.1, 0.15) is 84.8 Å². The van der Waals surface area contributed by atoms with E-state index in [2.05, 4.69) is 43.6 Å². The van der Waals surface area contributed by atoms with Gasteiger partial charge < -0.3 is 14.4 Å². The lowest BCUT2D eigenvalue weighted by molar-refractivity contribution is 0.0131. The first-order chi connectivity index (χ1) is 25.0. The van der Waals surface area contributed by atoms with Crippen LogP contribution in [-0.2, 0) is 32.8 Å². The molecule has 7 rings (SSSR count). The molecule has 0 saturated heterocycles. The van der Waals surface area contributed by atoms with Gasteiger partial charge in [0.1, 0.15) is 11.2 Å². The van der Waals surface area contributed by atoms with E-state index < -0.39 is 26.8 Å². The van der Waals surface area contributed by atoms with Crippen LogP contribution in [0.4, 0.5) is 5.82 Å². The zero-order chi connectivity index (χ0) is 36.6. The average molecular weight is 747 g/mol. The fourth-order valence-electron chi connectivity index (χ4n) is 8.21. The third-order valence-electron chi connectivity index (χ3n) is 11.6. The number of carbonyl (C=O) groups excluding carboxylic acids is 2. The maximum absolute atomic E-state index is 14.8. The van der Waals surface area contributed by atoms with Crippen LogP contribution < -0.4 is 9.64 Å². The third kappa shape index (κ3) is 7.09. The number of pyridine rings is 1. The Labute approximate surface area is 311 Å². The van der Waals surface area contributed by atoms with Gasteiger partial charge in [-0.15, -0.1) is 0 Å². The summed E-state index contributed by atoms with van der Waals surface area (Å²) in [7, 11) is -1.74. The number of aryl methyl sites for hydroxylation is 2. The van der Waals surface area contributed by atoms with Crippen molar-refractivity contribution in [2.75, 3.05) is 31.7 Å². The van der Waals surface area contributed by atoms with Crippen LogP contribution in [0.5, 0.6) is 5.75 Å². The third-order valence-corrected chi connectivity index (χ3v) is 14.3. The molecule has 2 aromatic heterocycles. The van der Waals surface area contributed by atoms with E-state index in [4.69, 9.17) is 26.1 Å². The molecule has 4 aliphatic rings. The number of hydrogen-bond acceptors (Lipinski definition) is 8. The Morgan fingerprint density at radius 3 is 2.83 bits per heavy atom. The van der Waals surface area contributed by atoms with E-state index >= 15 is 0 Å². The molecule has 13 heteroatoms. The predicted molar refractivity (Wildman–Crippen MR) is 203 cm³/mol. The van der Waals surface area contributed by atoms with Crippen LogP contribution in [0.15, 0.2) is 64.2 Å². The van der Waals surface area contributed by atoms with E-state index in [1.165, 1.54) is 17.3 Å². The van der Waals surface area contributed by atoms with Crippen molar-refractivity contribution in [3.8, 4) is 5.75 Å². The van der Waals surface area contributed by atoms with E-state index in [9.17, 15) is 13.8 Å². The second-order valence-electron chi connectivity index (χ2n) is 14.8. The van der Waals surface area contributed by atoms with Crippen molar-refractivity contribution in [1.82, 2.24) is 14.8 Å². The van der Waals surface area contributed by atoms with Gasteiger partial charge in [0, 0.05) is 48.6 Å². The number of benzene rings is 1. The molecule has 11 nitrogen and oxygen atoms in total. The van der Waals surface area contributed by atoms with Gasteiger partial charge in [0.25, 0.3) is 5.91 Å². The van der Waals surface area contributed by atoms with Gasteiger partial charge in [-0.05, 0) is 106 Å². The number of rotatable bonds is 4. The molecule has 2 aliphatic carbocycles. The second kappa shape index (κ2) is 14.9. The van der Waals surface area contributed by atoms with Crippen molar-refractivity contribution in [3.05, 3.63) is 82.3 Å². The number of aliphatic imine (C=N–C) groups is 1. The van der Waals surface area contributed by atoms with Gasteiger partial charge in [-0.1, -0.05) is 36.7 Å². The lowest BCUT2D eigenvalue weighted by atomic mass is 9.68. The standard InChI is InChI=1S/C39H47ClN6O5S/c1-5-46-21-29(19-42-46)37(47)41-24-52(49)26(3)25(2)8-6-10-34(50-4)31-13-11-28(31)20-45-22-39(17-7-9-27-18-30(40)12-14-32(27)39)23-51-35-16-15-33(38(48)44-52)43-36(35)45/h6,10,12,14-16,18-19,21,24-26,28,31,34H,5,7-9,11,13,17,20,22-23H2,1-4H3/b10-6+,41-24-/t25-,26+,28-,31+,34-,39-,52?/m0/s1. The molecule has 2 bridgehead atoms. The van der Waals surface area contributed by atoms with E-state index in [1.54, 1.807) is 37.0 Å². The highest BCUT2D eigenvalue weighted by Gasteiger charge is 2.45. The van der Waals surface area contributed by atoms with Gasteiger partial charge >= 0.3 is 5.91 Å². The Balaban J connectivity index is 1.31. The maximum atomic E-state index is 14.8. The van der Waals surface area contributed by atoms with Gasteiger partial charge in [-0.25, -0.2) is 14.2 Å². The number of fused-ring (bicyclic) bond motifs is 4. The fraction of sp³-hybridized carbons (Fsp3) is 0.513. The van der Waals surface area contributed by atoms with Gasteiger partial charge in [0.05, 0.1) is 34.2 Å². The van der Waals surface area contributed by atoms with Crippen LogP contribution in [0.2, 0.25) is 5.02 Å². The van der Waals surface area contributed by atoms with Crippen LogP contribution >= 0.6 is 11.6 Å². The first-order valence-corrected chi connectivity index (χ1v) is 20.3. The topological polar surface area (TPSA) is 128 Å². The zero-order valence-electron chi connectivity index (χ0n) is 30.2. The van der Waals surface area contributed by atoms with Gasteiger partial charge in [0.15, 0.2) is 11.6 Å². The molecule has 1 spiro atoms. The minimum absolute atomic E-state index is 0.0579. The summed E-state index contributed by atoms with van der Waals surface area (Å²) in [5.41, 5.74) is 3.58. The molecule has 3 aromatic rings. The highest BCUT2D eigenvalue weighted by atomic mass is 35.5. The summed E-state index contributed by atoms with van der Waals surface area (Å²) in [5.74, 6) is 0.319. The molecule has 276 valence electrons. The number of nitrogens with zero attached hydrogens (tertiary/aromatic N) is 6. The molecule has 4 heterocycles. The van der Waals surface area contributed by atoms with Crippen LogP contribution in [0.3, 0.4) is 0 Å². The lowest BCUT2D eigenvalue weighted by Crippen LogP contribution is -2.49. The van der Waals surface area contributed by atoms with Gasteiger partial charge in [-0.2, -0.15) is 9.46 Å². The van der Waals surface area contributed by atoms with Crippen molar-refractivity contribution >= 4 is 44.5 Å². The summed E-state index contributed by atoms with van der Waals surface area (Å²) in [6.45, 7) is 8.09. The summed E-state index contributed by atoms with van der Waals surface area (Å²) in [6.07, 6.45) is 12.7. The van der Waals surface area contributed by atoms with Crippen molar-refractivity contribution in [2.24, 2.45) is 27.1 Å². The molecule has 52 heavy (non-hydrogen) atoms. The number of halogens is 1. The molecule has 2 aliphatic heterocycles. The normalized spacial score (nSPS) is 31.1. The van der Waals surface area contributed by atoms with E-state index in [1.807, 2.05) is 19.9 Å². The van der Waals surface area contributed by atoms with Crippen molar-refractivity contribution < 1.29 is 23.3 Å². The van der Waals surface area contributed by atoms with Gasteiger partial charge in [-0.3, -0.25) is 14.3 Å². The highest BCUT2D eigenvalue weighted by molar-refractivity contribution is 8.07. The molecule has 7 atom stereocenters. The summed E-state index contributed by atoms with van der Waals surface area (Å²) >= 11 is 6.45. The molecular weight excluding hydrogens is 700 g/mol. The summed E-state index contributed by atoms with van der Waals surface area (Å²) in [6, 6.07) is 9.55. The molecule has 2 amide bonds. The zero-order valence-corrected chi connectivity index (χ0v) is 31.8. The molecule has 1 unspecified atom stereocenters. The molecule has 1 fully saturated rings. The Bertz CT molecular complexity index is 2040. The van der Waals surface area contributed by atoms with Crippen molar-refractivity contribution in [2.45, 2.75) is 82.6 Å². The van der Waals surface area contributed by atoms with E-state index in [0.29, 0.717) is 49.5 Å². The van der Waals surface area contributed by atoms with Crippen LogP contribution in [0.25, 0.3) is 0 Å². The number of hydrogen-bond donors (Lipinski definition) is 0. The Kier molecular flexibility index (Phi) is 10.4. The first kappa shape index (κ1) is 36.5. The fourth-order valence-corrected chi connectivity index (χ4v) is 10.2. The molecule has 1 saturated carbocycles. The molecule has 0 N–H and O–H groups in total. The number of methoxy groups -OCH3 is 1. The van der Waals surface area contributed by atoms with Crippen LogP contribution in [-0.4, -0.2) is 74.5 Å². The number of ether oxygens (including phenoxy) is 2. The Morgan fingerprint density at radius 2 is 2.08 bits per heavy atom. The first-order valence-electron chi connectivity index (χ1n) is 18.3. The summed E-state index contributed by atoms with van der Waals surface area (Å²) in [5, 5.41) is 4.25. The largest absolute Gasteiger partial charge is 0.489 e. The molecule has 0 radical (unpaired) electrons. The predicted octanol–water partition coefficient (Wildman–Crippen LogP) is 6.93. The van der Waals surface area contributed by atoms with Gasteiger partial charge in [0.2, 0.25) is 0 Å². The average Bonchev–Trinajstić information content (AvgIpc) is 3.57. The minimum atomic E-state index is -3.50. The molecular formula is C39H47ClN6O5S. The number of amides is 2. The number of anilines is 1. The summed E-state index contributed by atoms with van der Waals surface area (Å²) in [4.78, 5) is 38.4. The van der Waals surface area contributed by atoms with Crippen LogP contribution in [0, 0.1) is 17.8 Å². The number of allylic oxidation sites excluding steroid dienone is 1. The number of aromatic nitrogens is 3. The van der Waals surface area contributed by atoms with Crippen molar-refractivity contribution in [1.29, 1.82) is 0 Å². The summed E-state index contributed by atoms with van der Waals surface area (Å²) < 4.78 is 33.4. The smallest absolute Gasteiger partial charge is 0.304 e. The van der Waals surface area contributed by atoms with E-state index in [-0.39, 0.29) is 28.7 Å². The maximum Gasteiger partial charge on any atom is 0.304 e. The Hall–Kier alpha value is -3.87. The minimum Gasteiger partial charge on any atom is -0.489 e. The second-order valence-corrected chi connectivity index (χ2v) is 17.6. The lowest BCUT2D eigenvalue weighted by Gasteiger charge is -2.45. The van der Waals surface area contributed by atoms with Crippen molar-refractivity contribution in [3.63, 3.8) is 0 Å². The SMILES string of the molecule is CCn1cc(C(=O)/N=C\S2(=O)=NC(=O)c3ccc4c(n3)N(C[C@@H]3CC[C@H]3[C@@H](OC)/C=C/C[C@H](C)[C@H]2C)C[C@@]2(CCCc3cc(Cl)ccc32)CO4)cn1. The molecule has 1 aromatic carbocycles. The highest BCUT2D eigenvalue weighted by Crippen LogP contribution is 2.46. The quantitative estimate of drug-likeness (QED) is 0.160. The Morgan fingerprint density at radius 1 is 1.23 bits per heavy atom. The number of carbonyl (C=O) groups is 2. The monoisotopic (exact) mass is 746 g/mol. The van der Waals surface area contributed by atoms with E-state index in [0.717, 1.165) is 49.2 Å².